The van der Waals surface area contributed by atoms with Gasteiger partial charge < -0.3 is 0 Å². The third-order valence-electron chi connectivity index (χ3n) is 2.44. The Morgan fingerprint density at radius 2 is 1.90 bits per heavy atom. The summed E-state index contributed by atoms with van der Waals surface area (Å²) in [7, 11) is -3.75. The molecular formula is C12H13F3N2O2S. The van der Waals surface area contributed by atoms with Crippen molar-refractivity contribution in [3.8, 4) is 6.07 Å². The van der Waals surface area contributed by atoms with E-state index in [1.54, 1.807) is 12.1 Å². The number of nitrogens with zero attached hydrogens (tertiary/aromatic N) is 1. The number of sulfonamides is 1. The summed E-state index contributed by atoms with van der Waals surface area (Å²) in [5.41, 5.74) is 0.548. The van der Waals surface area contributed by atoms with E-state index in [-0.39, 0.29) is 18.5 Å². The number of hydrogen-bond donors (Lipinski definition) is 1. The molecule has 0 aliphatic carbocycles. The first-order valence-electron chi connectivity index (χ1n) is 5.75. The van der Waals surface area contributed by atoms with Gasteiger partial charge in [-0.2, -0.15) is 18.4 Å². The van der Waals surface area contributed by atoms with E-state index in [1.807, 2.05) is 6.07 Å². The van der Waals surface area contributed by atoms with Crippen LogP contribution in [-0.4, -0.2) is 21.1 Å². The molecule has 8 heteroatoms. The van der Waals surface area contributed by atoms with Crippen LogP contribution in [0, 0.1) is 11.3 Å². The Labute approximate surface area is 115 Å². The van der Waals surface area contributed by atoms with Gasteiger partial charge in [0, 0.05) is 13.0 Å². The highest BCUT2D eigenvalue weighted by molar-refractivity contribution is 7.88. The number of nitriles is 1. The van der Waals surface area contributed by atoms with Crippen LogP contribution in [0.3, 0.4) is 0 Å². The summed E-state index contributed by atoms with van der Waals surface area (Å²) < 4.78 is 61.2. The van der Waals surface area contributed by atoms with Crippen LogP contribution < -0.4 is 4.72 Å². The van der Waals surface area contributed by atoms with Crippen LogP contribution in [-0.2, 0) is 15.8 Å². The molecule has 20 heavy (non-hydrogen) atoms. The second kappa shape index (κ2) is 6.72. The van der Waals surface area contributed by atoms with Crippen molar-refractivity contribution < 1.29 is 21.6 Å². The summed E-state index contributed by atoms with van der Waals surface area (Å²) >= 11 is 0. The van der Waals surface area contributed by atoms with Gasteiger partial charge in [0.15, 0.2) is 0 Å². The maximum absolute atomic E-state index is 11.9. The lowest BCUT2D eigenvalue weighted by atomic mass is 10.1. The van der Waals surface area contributed by atoms with E-state index in [9.17, 15) is 21.6 Å². The first-order chi connectivity index (χ1) is 9.23. The molecule has 0 amide bonds. The SMILES string of the molecule is N#Cc1ccccc1CS(=O)(=O)NCCCC(F)(F)F. The molecule has 0 radical (unpaired) electrons. The van der Waals surface area contributed by atoms with Crippen molar-refractivity contribution in [1.82, 2.24) is 4.72 Å². The number of halogens is 3. The molecule has 0 spiro atoms. The molecule has 0 saturated heterocycles. The quantitative estimate of drug-likeness (QED) is 0.820. The van der Waals surface area contributed by atoms with Crippen LogP contribution in [0.5, 0.6) is 0 Å². The van der Waals surface area contributed by atoms with Gasteiger partial charge in [-0.05, 0) is 18.1 Å². The normalized spacial score (nSPS) is 12.1. The number of benzene rings is 1. The van der Waals surface area contributed by atoms with Gasteiger partial charge in [-0.1, -0.05) is 18.2 Å². The van der Waals surface area contributed by atoms with Crippen molar-refractivity contribution >= 4 is 10.0 Å². The highest BCUT2D eigenvalue weighted by atomic mass is 32.2. The number of hydrogen-bond acceptors (Lipinski definition) is 3. The Balaban J connectivity index is 2.56. The summed E-state index contributed by atoms with van der Waals surface area (Å²) in [5.74, 6) is -0.428. The van der Waals surface area contributed by atoms with Crippen LogP contribution in [0.1, 0.15) is 24.0 Å². The lowest BCUT2D eigenvalue weighted by molar-refractivity contribution is -0.135. The van der Waals surface area contributed by atoms with Crippen LogP contribution in [0.4, 0.5) is 13.2 Å². The van der Waals surface area contributed by atoms with E-state index in [0.29, 0.717) is 5.56 Å². The fourth-order valence-electron chi connectivity index (χ4n) is 1.53. The fourth-order valence-corrected chi connectivity index (χ4v) is 2.75. The van der Waals surface area contributed by atoms with Crippen LogP contribution in [0.15, 0.2) is 24.3 Å². The third-order valence-corrected chi connectivity index (χ3v) is 3.78. The summed E-state index contributed by atoms with van der Waals surface area (Å²) in [5, 5.41) is 8.83. The van der Waals surface area contributed by atoms with E-state index in [0.717, 1.165) is 0 Å². The lowest BCUT2D eigenvalue weighted by Crippen LogP contribution is -2.27. The van der Waals surface area contributed by atoms with E-state index in [4.69, 9.17) is 5.26 Å². The summed E-state index contributed by atoms with van der Waals surface area (Å²) in [6, 6.07) is 8.03. The minimum Gasteiger partial charge on any atom is -0.215 e. The molecule has 1 aromatic rings. The molecule has 1 aromatic carbocycles. The summed E-state index contributed by atoms with van der Waals surface area (Å²) in [6.45, 7) is -0.281. The zero-order chi connectivity index (χ0) is 15.2. The Kier molecular flexibility index (Phi) is 5.53. The standard InChI is InChI=1S/C12H13F3N2O2S/c13-12(14,15)6-3-7-17-20(18,19)9-11-5-2-1-4-10(11)8-16/h1-2,4-5,17H,3,6-7,9H2. The monoisotopic (exact) mass is 306 g/mol. The second-order valence-corrected chi connectivity index (χ2v) is 5.95. The molecule has 0 unspecified atom stereocenters. The maximum Gasteiger partial charge on any atom is 0.389 e. The minimum absolute atomic E-state index is 0.230. The van der Waals surface area contributed by atoms with Crippen molar-refractivity contribution in [2.75, 3.05) is 6.54 Å². The molecule has 0 heterocycles. The summed E-state index contributed by atoms with van der Waals surface area (Å²) in [6.07, 6.45) is -5.65. The largest absolute Gasteiger partial charge is 0.389 e. The Hall–Kier alpha value is -1.59. The Morgan fingerprint density at radius 3 is 2.50 bits per heavy atom. The van der Waals surface area contributed by atoms with Crippen molar-refractivity contribution in [3.63, 3.8) is 0 Å². The predicted octanol–water partition coefficient (Wildman–Crippen LogP) is 2.32. The molecule has 1 rings (SSSR count). The van der Waals surface area contributed by atoms with Gasteiger partial charge >= 0.3 is 6.18 Å². The molecule has 1 N–H and O–H groups in total. The van der Waals surface area contributed by atoms with Crippen LogP contribution in [0.2, 0.25) is 0 Å². The third kappa shape index (κ3) is 6.04. The first-order valence-corrected chi connectivity index (χ1v) is 7.41. The topological polar surface area (TPSA) is 70.0 Å². The van der Waals surface area contributed by atoms with Gasteiger partial charge in [-0.15, -0.1) is 0 Å². The minimum atomic E-state index is -4.29. The first kappa shape index (κ1) is 16.5. The smallest absolute Gasteiger partial charge is 0.215 e. The molecule has 0 fully saturated rings. The van der Waals surface area contributed by atoms with Crippen molar-refractivity contribution in [2.45, 2.75) is 24.8 Å². The molecule has 0 saturated carbocycles. The molecule has 0 atom stereocenters. The lowest BCUT2D eigenvalue weighted by Gasteiger charge is -2.09. The second-order valence-electron chi connectivity index (χ2n) is 4.14. The summed E-state index contributed by atoms with van der Waals surface area (Å²) in [4.78, 5) is 0. The molecule has 0 aliphatic rings. The van der Waals surface area contributed by atoms with E-state index >= 15 is 0 Å². The molecule has 0 aromatic heterocycles. The number of nitrogens with one attached hydrogen (secondary N) is 1. The molecule has 0 bridgehead atoms. The van der Waals surface area contributed by atoms with Gasteiger partial charge in [-0.25, -0.2) is 13.1 Å². The Morgan fingerprint density at radius 1 is 1.25 bits per heavy atom. The zero-order valence-electron chi connectivity index (χ0n) is 10.4. The highest BCUT2D eigenvalue weighted by Gasteiger charge is 2.26. The average Bonchev–Trinajstić information content (AvgIpc) is 2.34. The van der Waals surface area contributed by atoms with Gasteiger partial charge in [0.25, 0.3) is 0 Å². The predicted molar refractivity (Wildman–Crippen MR) is 67.1 cm³/mol. The van der Waals surface area contributed by atoms with Gasteiger partial charge in [-0.3, -0.25) is 0 Å². The van der Waals surface area contributed by atoms with Gasteiger partial charge in [0.2, 0.25) is 10.0 Å². The molecule has 0 aliphatic heterocycles. The van der Waals surface area contributed by atoms with E-state index in [2.05, 4.69) is 4.72 Å². The fraction of sp³-hybridized carbons (Fsp3) is 0.417. The van der Waals surface area contributed by atoms with E-state index in [1.165, 1.54) is 12.1 Å². The maximum atomic E-state index is 11.9. The Bertz CT molecular complexity index is 591. The number of rotatable bonds is 6. The number of alkyl halides is 3. The van der Waals surface area contributed by atoms with E-state index < -0.39 is 28.4 Å². The van der Waals surface area contributed by atoms with Crippen molar-refractivity contribution in [1.29, 1.82) is 5.26 Å². The van der Waals surface area contributed by atoms with Gasteiger partial charge in [0.05, 0.1) is 17.4 Å². The van der Waals surface area contributed by atoms with Crippen LogP contribution in [0.25, 0.3) is 0 Å². The molecule has 110 valence electrons. The molecular weight excluding hydrogens is 293 g/mol. The highest BCUT2D eigenvalue weighted by Crippen LogP contribution is 2.20. The van der Waals surface area contributed by atoms with Gasteiger partial charge in [0.1, 0.15) is 0 Å². The average molecular weight is 306 g/mol. The zero-order valence-corrected chi connectivity index (χ0v) is 11.3. The van der Waals surface area contributed by atoms with Crippen molar-refractivity contribution in [2.24, 2.45) is 0 Å². The molecule has 4 nitrogen and oxygen atoms in total. The van der Waals surface area contributed by atoms with Crippen molar-refractivity contribution in [3.05, 3.63) is 35.4 Å². The van der Waals surface area contributed by atoms with Crippen LogP contribution >= 0.6 is 0 Å².